The maximum Gasteiger partial charge on any atom is 0.435 e. The van der Waals surface area contributed by atoms with Crippen LogP contribution in [-0.4, -0.2) is 49.1 Å². The Morgan fingerprint density at radius 2 is 1.97 bits per heavy atom. The Morgan fingerprint density at radius 1 is 1.24 bits per heavy atom. The lowest BCUT2D eigenvalue weighted by Gasteiger charge is -2.29. The van der Waals surface area contributed by atoms with Gasteiger partial charge in [-0.1, -0.05) is 28.9 Å². The molecule has 0 saturated heterocycles. The summed E-state index contributed by atoms with van der Waals surface area (Å²) in [7, 11) is 1.68. The highest BCUT2D eigenvalue weighted by Crippen LogP contribution is 2.49. The zero-order valence-electron chi connectivity index (χ0n) is 18.4. The number of aliphatic hydroxyl groups excluding tert-OH is 1. The number of carbonyl (C=O) groups excluding carboxylic acids is 1. The van der Waals surface area contributed by atoms with Crippen LogP contribution in [0.25, 0.3) is 0 Å². The number of benzene rings is 2. The second-order valence-corrected chi connectivity index (χ2v) is 8.54. The first kappa shape index (κ1) is 25.0. The molecule has 0 fully saturated rings. The molecule has 0 saturated carbocycles. The van der Waals surface area contributed by atoms with E-state index in [0.717, 1.165) is 0 Å². The van der Waals surface area contributed by atoms with E-state index in [1.807, 2.05) is 0 Å². The number of aliphatic hydroxyl groups is 1. The van der Waals surface area contributed by atoms with E-state index >= 15 is 0 Å². The smallest absolute Gasteiger partial charge is 0.390 e. The number of alkyl halides is 3. The molecule has 1 amide bonds. The summed E-state index contributed by atoms with van der Waals surface area (Å²) in [6.07, 6.45) is -6.01. The molecule has 0 bridgehead atoms. The zero-order valence-corrected chi connectivity index (χ0v) is 19.1. The number of nitrogens with zero attached hydrogens (tertiary/aromatic N) is 1. The fraction of sp³-hybridized carbons (Fsp3) is 0.391. The molecular weight excluding hydrogens is 459 g/mol. The molecule has 0 radical (unpaired) electrons. The summed E-state index contributed by atoms with van der Waals surface area (Å²) < 4.78 is 42.6. The zero-order chi connectivity index (χ0) is 24.4. The van der Waals surface area contributed by atoms with E-state index in [1.54, 1.807) is 33.0 Å². The van der Waals surface area contributed by atoms with Crippen molar-refractivity contribution in [3.8, 4) is 0 Å². The fourth-order valence-corrected chi connectivity index (χ4v) is 4.03. The number of amides is 1. The summed E-state index contributed by atoms with van der Waals surface area (Å²) in [5.74, 6) is -0.391. The minimum absolute atomic E-state index is 0.0641. The number of rotatable bonds is 7. The van der Waals surface area contributed by atoms with Crippen molar-refractivity contribution in [1.82, 2.24) is 10.6 Å². The Morgan fingerprint density at radius 3 is 2.58 bits per heavy atom. The normalized spacial score (nSPS) is 19.1. The third kappa shape index (κ3) is 5.31. The van der Waals surface area contributed by atoms with Crippen molar-refractivity contribution < 1.29 is 27.9 Å². The van der Waals surface area contributed by atoms with Crippen LogP contribution < -0.4 is 10.6 Å². The average Bonchev–Trinajstić information content (AvgIpc) is 3.18. The lowest BCUT2D eigenvalue weighted by molar-refractivity contribution is -0.275. The van der Waals surface area contributed by atoms with Crippen molar-refractivity contribution in [1.29, 1.82) is 0 Å². The average molecular weight is 484 g/mol. The SMILES string of the molecule is CNCC(O)CNC(=O)c1ccc(C2=NOC(c3cc(C)cc(Cl)c3)(C(F)(F)F)C2)cc1C. The highest BCUT2D eigenvalue weighted by molar-refractivity contribution is 6.30. The van der Waals surface area contributed by atoms with Gasteiger partial charge in [0.05, 0.1) is 11.8 Å². The molecule has 3 rings (SSSR count). The van der Waals surface area contributed by atoms with E-state index in [-0.39, 0.29) is 22.8 Å². The van der Waals surface area contributed by atoms with Crippen molar-refractivity contribution in [3.63, 3.8) is 0 Å². The summed E-state index contributed by atoms with van der Waals surface area (Å²) in [5, 5.41) is 19.1. The van der Waals surface area contributed by atoms with Gasteiger partial charge in [-0.05, 0) is 61.9 Å². The van der Waals surface area contributed by atoms with Crippen LogP contribution in [-0.2, 0) is 10.4 Å². The minimum atomic E-state index is -4.74. The van der Waals surface area contributed by atoms with Gasteiger partial charge in [0.25, 0.3) is 11.5 Å². The molecule has 33 heavy (non-hydrogen) atoms. The molecule has 2 unspecified atom stereocenters. The Balaban J connectivity index is 1.83. The molecule has 3 N–H and O–H groups in total. The van der Waals surface area contributed by atoms with Crippen LogP contribution >= 0.6 is 11.6 Å². The molecule has 178 valence electrons. The molecule has 1 heterocycles. The predicted octanol–water partition coefficient (Wildman–Crippen LogP) is 3.85. The molecule has 1 aliphatic rings. The largest absolute Gasteiger partial charge is 0.435 e. The number of hydrogen-bond acceptors (Lipinski definition) is 5. The van der Waals surface area contributed by atoms with Gasteiger partial charge in [-0.15, -0.1) is 0 Å². The quantitative estimate of drug-likeness (QED) is 0.558. The van der Waals surface area contributed by atoms with Crippen molar-refractivity contribution in [2.24, 2.45) is 5.16 Å². The van der Waals surface area contributed by atoms with Gasteiger partial charge in [0.1, 0.15) is 0 Å². The first-order valence-corrected chi connectivity index (χ1v) is 10.7. The Hall–Kier alpha value is -2.62. The summed E-state index contributed by atoms with van der Waals surface area (Å²) in [6, 6.07) is 8.84. The Kier molecular flexibility index (Phi) is 7.36. The van der Waals surface area contributed by atoms with Crippen LogP contribution in [0.5, 0.6) is 0 Å². The number of likely N-dealkylation sites (N-methyl/N-ethyl adjacent to an activating group) is 1. The molecule has 0 spiro atoms. The number of aryl methyl sites for hydroxylation is 2. The number of halogens is 4. The molecule has 6 nitrogen and oxygen atoms in total. The molecule has 2 aromatic rings. The van der Waals surface area contributed by atoms with E-state index < -0.39 is 30.2 Å². The Bertz CT molecular complexity index is 1050. The lowest BCUT2D eigenvalue weighted by atomic mass is 9.85. The number of oxime groups is 1. The number of carbonyl (C=O) groups is 1. The summed E-state index contributed by atoms with van der Waals surface area (Å²) in [6.45, 7) is 3.72. The van der Waals surface area contributed by atoms with Gasteiger partial charge in [-0.3, -0.25) is 4.79 Å². The molecular formula is C23H25ClF3N3O3. The molecule has 2 aromatic carbocycles. The second kappa shape index (κ2) is 9.70. The number of nitrogens with one attached hydrogen (secondary N) is 2. The van der Waals surface area contributed by atoms with E-state index in [4.69, 9.17) is 16.4 Å². The van der Waals surface area contributed by atoms with E-state index in [1.165, 1.54) is 24.3 Å². The van der Waals surface area contributed by atoms with E-state index in [9.17, 15) is 23.1 Å². The van der Waals surface area contributed by atoms with E-state index in [2.05, 4.69) is 15.8 Å². The highest BCUT2D eigenvalue weighted by atomic mass is 35.5. The summed E-state index contributed by atoms with van der Waals surface area (Å²) in [5.41, 5.74) is -0.753. The fourth-order valence-electron chi connectivity index (χ4n) is 3.74. The van der Waals surface area contributed by atoms with Gasteiger partial charge in [-0.2, -0.15) is 13.2 Å². The maximum atomic E-state index is 14.2. The Labute approximate surface area is 194 Å². The van der Waals surface area contributed by atoms with Crippen LogP contribution in [0.1, 0.15) is 39.0 Å². The summed E-state index contributed by atoms with van der Waals surface area (Å²) >= 11 is 6.01. The first-order chi connectivity index (χ1) is 15.5. The van der Waals surface area contributed by atoms with E-state index in [0.29, 0.717) is 28.8 Å². The molecule has 2 atom stereocenters. The van der Waals surface area contributed by atoms with Gasteiger partial charge in [0.15, 0.2) is 0 Å². The monoisotopic (exact) mass is 483 g/mol. The van der Waals surface area contributed by atoms with Crippen molar-refractivity contribution >= 4 is 23.2 Å². The molecule has 0 aromatic heterocycles. The molecule has 10 heteroatoms. The van der Waals surface area contributed by atoms with Gasteiger partial charge in [0.2, 0.25) is 0 Å². The third-order valence-corrected chi connectivity index (χ3v) is 5.65. The van der Waals surface area contributed by atoms with Crippen molar-refractivity contribution in [2.45, 2.75) is 38.1 Å². The molecule has 1 aliphatic heterocycles. The highest BCUT2D eigenvalue weighted by Gasteiger charge is 2.62. The van der Waals surface area contributed by atoms with Gasteiger partial charge >= 0.3 is 6.18 Å². The standard InChI is InChI=1S/C23H25ClF3N3O3/c1-13-6-16(9-17(24)7-13)22(23(25,26)27)10-20(30-33-22)15-4-5-19(14(2)8-15)21(32)29-12-18(31)11-28-3/h4-9,18,28,31H,10-12H2,1-3H3,(H,29,32). The predicted molar refractivity (Wildman–Crippen MR) is 120 cm³/mol. The van der Waals surface area contributed by atoms with Crippen molar-refractivity contribution in [3.05, 3.63) is 69.2 Å². The summed E-state index contributed by atoms with van der Waals surface area (Å²) in [4.78, 5) is 17.5. The van der Waals surface area contributed by atoms with Gasteiger partial charge in [-0.25, -0.2) is 0 Å². The topological polar surface area (TPSA) is 83.0 Å². The van der Waals surface area contributed by atoms with Crippen LogP contribution in [0.15, 0.2) is 41.6 Å². The second-order valence-electron chi connectivity index (χ2n) is 8.10. The van der Waals surface area contributed by atoms with Crippen LogP contribution in [0.3, 0.4) is 0 Å². The van der Waals surface area contributed by atoms with Gasteiger partial charge in [0, 0.05) is 35.7 Å². The van der Waals surface area contributed by atoms with Crippen LogP contribution in [0, 0.1) is 13.8 Å². The van der Waals surface area contributed by atoms with Crippen molar-refractivity contribution in [2.75, 3.05) is 20.1 Å². The van der Waals surface area contributed by atoms with Gasteiger partial charge < -0.3 is 20.6 Å². The first-order valence-electron chi connectivity index (χ1n) is 10.3. The van der Waals surface area contributed by atoms with Crippen LogP contribution in [0.4, 0.5) is 13.2 Å². The third-order valence-electron chi connectivity index (χ3n) is 5.44. The molecule has 0 aliphatic carbocycles. The number of hydrogen-bond donors (Lipinski definition) is 3. The lowest BCUT2D eigenvalue weighted by Crippen LogP contribution is -2.42. The maximum absolute atomic E-state index is 14.2. The minimum Gasteiger partial charge on any atom is -0.390 e. The van der Waals surface area contributed by atoms with Crippen LogP contribution in [0.2, 0.25) is 5.02 Å².